The van der Waals surface area contributed by atoms with Crippen LogP contribution in [0.5, 0.6) is 0 Å². The molecule has 20 heavy (non-hydrogen) atoms. The second-order valence-corrected chi connectivity index (χ2v) is 5.00. The Morgan fingerprint density at radius 3 is 2.85 bits per heavy atom. The van der Waals surface area contributed by atoms with Gasteiger partial charge in [-0.3, -0.25) is 14.6 Å². The highest BCUT2D eigenvalue weighted by Gasteiger charge is 2.34. The van der Waals surface area contributed by atoms with Gasteiger partial charge in [-0.1, -0.05) is 0 Å². The number of carbonyl (C=O) groups excluding carboxylic acids is 3. The molecule has 0 aliphatic heterocycles. The second kappa shape index (κ2) is 4.61. The molecule has 0 saturated heterocycles. The van der Waals surface area contributed by atoms with Crippen LogP contribution in [-0.2, 0) is 4.74 Å². The minimum absolute atomic E-state index is 0.00329. The fourth-order valence-electron chi connectivity index (χ4n) is 1.93. The molecule has 7 heteroatoms. The number of thiazole rings is 1. The van der Waals surface area contributed by atoms with Gasteiger partial charge >= 0.3 is 5.97 Å². The monoisotopic (exact) mass is 288 g/mol. The van der Waals surface area contributed by atoms with Gasteiger partial charge in [0.2, 0.25) is 16.6 Å². The molecule has 2 aromatic heterocycles. The van der Waals surface area contributed by atoms with Gasteiger partial charge in [-0.2, -0.15) is 0 Å². The number of ether oxygens (including phenoxy) is 1. The SMILES string of the molecule is CCOC(=O)c1nc2c(s1)C(=O)c1ccncc1C2=O. The third-order valence-corrected chi connectivity index (χ3v) is 3.84. The standard InChI is InChI=1S/C13H8N2O4S/c1-2-19-13(18)12-15-8-9(16)7-5-14-4-3-6(7)10(17)11(8)20-12/h3-5H,2H2,1H3. The quantitative estimate of drug-likeness (QED) is 0.664. The summed E-state index contributed by atoms with van der Waals surface area (Å²) >= 11 is 0.882. The van der Waals surface area contributed by atoms with E-state index in [0.717, 1.165) is 11.3 Å². The minimum Gasteiger partial charge on any atom is -0.461 e. The summed E-state index contributed by atoms with van der Waals surface area (Å²) in [6, 6.07) is 1.49. The number of nitrogens with zero attached hydrogens (tertiary/aromatic N) is 2. The average molecular weight is 288 g/mol. The van der Waals surface area contributed by atoms with Gasteiger partial charge in [-0.05, 0) is 13.0 Å². The molecule has 0 aromatic carbocycles. The molecule has 0 saturated carbocycles. The lowest BCUT2D eigenvalue weighted by molar-refractivity contribution is 0.0525. The Bertz CT molecular complexity index is 698. The molecule has 0 radical (unpaired) electrons. The molecule has 0 unspecified atom stereocenters. The highest BCUT2D eigenvalue weighted by atomic mass is 32.1. The lowest BCUT2D eigenvalue weighted by Crippen LogP contribution is -2.19. The van der Waals surface area contributed by atoms with Crippen molar-refractivity contribution in [1.82, 2.24) is 9.97 Å². The number of aromatic nitrogens is 2. The summed E-state index contributed by atoms with van der Waals surface area (Å²) in [5, 5.41) is 0.0133. The lowest BCUT2D eigenvalue weighted by Gasteiger charge is -2.11. The zero-order valence-corrected chi connectivity index (χ0v) is 11.2. The summed E-state index contributed by atoms with van der Waals surface area (Å²) in [6.45, 7) is 1.87. The first kappa shape index (κ1) is 12.6. The van der Waals surface area contributed by atoms with Crippen molar-refractivity contribution >= 4 is 28.9 Å². The van der Waals surface area contributed by atoms with Crippen molar-refractivity contribution in [1.29, 1.82) is 0 Å². The minimum atomic E-state index is -0.630. The smallest absolute Gasteiger partial charge is 0.367 e. The summed E-state index contributed by atoms with van der Waals surface area (Å²) in [5.41, 5.74) is 0.505. The van der Waals surface area contributed by atoms with Crippen molar-refractivity contribution in [2.75, 3.05) is 6.61 Å². The Hall–Kier alpha value is -2.41. The molecule has 2 aromatic rings. The first-order chi connectivity index (χ1) is 9.63. The zero-order valence-electron chi connectivity index (χ0n) is 10.4. The summed E-state index contributed by atoms with van der Waals surface area (Å²) in [6.07, 6.45) is 2.78. The van der Waals surface area contributed by atoms with E-state index < -0.39 is 11.8 Å². The van der Waals surface area contributed by atoms with Crippen molar-refractivity contribution < 1.29 is 19.1 Å². The van der Waals surface area contributed by atoms with Crippen LogP contribution in [0.2, 0.25) is 0 Å². The molecule has 100 valence electrons. The van der Waals surface area contributed by atoms with Gasteiger partial charge in [0.25, 0.3) is 0 Å². The van der Waals surface area contributed by atoms with Crippen molar-refractivity contribution in [3.63, 3.8) is 0 Å². The number of hydrogen-bond acceptors (Lipinski definition) is 7. The largest absolute Gasteiger partial charge is 0.461 e. The van der Waals surface area contributed by atoms with Gasteiger partial charge < -0.3 is 4.74 Å². The Morgan fingerprint density at radius 2 is 2.10 bits per heavy atom. The van der Waals surface area contributed by atoms with Gasteiger partial charge in [-0.15, -0.1) is 11.3 Å². The Morgan fingerprint density at radius 1 is 1.30 bits per heavy atom. The molecular weight excluding hydrogens is 280 g/mol. The predicted octanol–water partition coefficient (Wildman–Crippen LogP) is 1.49. The number of hydrogen-bond donors (Lipinski definition) is 0. The Kier molecular flexibility index (Phi) is 2.90. The number of esters is 1. The van der Waals surface area contributed by atoms with Crippen LogP contribution in [0.15, 0.2) is 18.5 Å². The van der Waals surface area contributed by atoms with Crippen LogP contribution in [0, 0.1) is 0 Å². The van der Waals surface area contributed by atoms with Crippen molar-refractivity contribution in [2.24, 2.45) is 0 Å². The summed E-state index contributed by atoms with van der Waals surface area (Å²) in [7, 11) is 0. The highest BCUT2D eigenvalue weighted by Crippen LogP contribution is 2.30. The van der Waals surface area contributed by atoms with E-state index in [1.54, 1.807) is 6.92 Å². The van der Waals surface area contributed by atoms with Crippen LogP contribution < -0.4 is 0 Å². The molecule has 2 heterocycles. The van der Waals surface area contributed by atoms with E-state index in [2.05, 4.69) is 9.97 Å². The van der Waals surface area contributed by atoms with Crippen molar-refractivity contribution in [3.8, 4) is 0 Å². The van der Waals surface area contributed by atoms with Crippen molar-refractivity contribution in [3.05, 3.63) is 45.2 Å². The van der Waals surface area contributed by atoms with Crippen LogP contribution in [0.25, 0.3) is 0 Å². The van der Waals surface area contributed by atoms with Gasteiger partial charge in [0.15, 0.2) is 0 Å². The predicted molar refractivity (Wildman–Crippen MR) is 69.2 cm³/mol. The maximum atomic E-state index is 12.3. The Labute approximate surface area is 117 Å². The maximum Gasteiger partial charge on any atom is 0.367 e. The summed E-state index contributed by atoms with van der Waals surface area (Å²) in [4.78, 5) is 44.1. The summed E-state index contributed by atoms with van der Waals surface area (Å²) in [5.74, 6) is -1.34. The number of carbonyl (C=O) groups is 3. The topological polar surface area (TPSA) is 86.2 Å². The molecular formula is C13H8N2O4S. The normalized spacial score (nSPS) is 12.8. The highest BCUT2D eigenvalue weighted by molar-refractivity contribution is 7.16. The average Bonchev–Trinajstić information content (AvgIpc) is 2.91. The first-order valence-electron chi connectivity index (χ1n) is 5.84. The van der Waals surface area contributed by atoms with Crippen LogP contribution in [0.1, 0.15) is 48.0 Å². The molecule has 6 nitrogen and oxygen atoms in total. The van der Waals surface area contributed by atoms with E-state index in [1.165, 1.54) is 18.5 Å². The van der Waals surface area contributed by atoms with Crippen molar-refractivity contribution in [2.45, 2.75) is 6.92 Å². The number of ketones is 2. The van der Waals surface area contributed by atoms with E-state index in [9.17, 15) is 14.4 Å². The van der Waals surface area contributed by atoms with Crippen LogP contribution >= 0.6 is 11.3 Å². The molecule has 1 aliphatic rings. The zero-order chi connectivity index (χ0) is 14.3. The molecule has 3 rings (SSSR count). The fraction of sp³-hybridized carbons (Fsp3) is 0.154. The first-order valence-corrected chi connectivity index (χ1v) is 6.66. The molecule has 1 aliphatic carbocycles. The molecule has 0 spiro atoms. The summed E-state index contributed by atoms with van der Waals surface area (Å²) < 4.78 is 4.83. The van der Waals surface area contributed by atoms with Crippen LogP contribution in [-0.4, -0.2) is 34.1 Å². The third-order valence-electron chi connectivity index (χ3n) is 2.81. The molecule has 0 bridgehead atoms. The van der Waals surface area contributed by atoms with Gasteiger partial charge in [0.05, 0.1) is 12.2 Å². The molecule has 0 N–H and O–H groups in total. The molecule has 0 amide bonds. The maximum absolute atomic E-state index is 12.3. The number of pyridine rings is 1. The van der Waals surface area contributed by atoms with Gasteiger partial charge in [0, 0.05) is 18.0 Å². The molecule has 0 atom stereocenters. The van der Waals surface area contributed by atoms with Crippen LogP contribution in [0.4, 0.5) is 0 Å². The van der Waals surface area contributed by atoms with E-state index in [-0.39, 0.29) is 39.1 Å². The number of rotatable bonds is 2. The molecule has 0 fully saturated rings. The van der Waals surface area contributed by atoms with Crippen LogP contribution in [0.3, 0.4) is 0 Å². The second-order valence-electron chi connectivity index (χ2n) is 4.00. The van der Waals surface area contributed by atoms with E-state index in [4.69, 9.17) is 4.74 Å². The van der Waals surface area contributed by atoms with Gasteiger partial charge in [0.1, 0.15) is 10.6 Å². The Balaban J connectivity index is 2.12. The third kappa shape index (κ3) is 1.75. The lowest BCUT2D eigenvalue weighted by atomic mass is 9.93. The van der Waals surface area contributed by atoms with E-state index >= 15 is 0 Å². The fourth-order valence-corrected chi connectivity index (χ4v) is 2.84. The van der Waals surface area contributed by atoms with Gasteiger partial charge in [-0.25, -0.2) is 9.78 Å². The number of fused-ring (bicyclic) bond motifs is 2. The van der Waals surface area contributed by atoms with E-state index in [1.807, 2.05) is 0 Å². The van der Waals surface area contributed by atoms with E-state index in [0.29, 0.717) is 0 Å².